The standard InChI is InChI=1S/C22H39NO3.C14H29NO/c1-5-8-11-23(13-14-24)12-10-19(4)15-20(7-3)21(9-6-2)16-22-17-25-18-26-22;1-5-7-9-11-15(10-8-6-2)14(16)12-13(3)4/h6,9,16,19-20,24H,2,5,7-8,10-15,17-18H2,1,3-4H3;13H,5-12H2,1-4H3/b21-9+,22-16+;. The lowest BCUT2D eigenvalue weighted by Crippen LogP contribution is -2.33. The molecule has 1 aliphatic heterocycles. The zero-order valence-corrected chi connectivity index (χ0v) is 28.7. The van der Waals surface area contributed by atoms with E-state index < -0.39 is 0 Å². The largest absolute Gasteiger partial charge is 0.469 e. The zero-order chi connectivity index (χ0) is 31.6. The fraction of sp³-hybridized carbons (Fsp3) is 0.806. The number of aliphatic hydroxyl groups excluding tert-OH is 1. The minimum Gasteiger partial charge on any atom is -0.469 e. The zero-order valence-electron chi connectivity index (χ0n) is 28.7. The molecule has 0 spiro atoms. The van der Waals surface area contributed by atoms with Crippen LogP contribution in [0.2, 0.25) is 0 Å². The number of carbonyl (C=O) groups is 1. The van der Waals surface area contributed by atoms with Gasteiger partial charge in [-0.1, -0.05) is 92.9 Å². The van der Waals surface area contributed by atoms with Crippen LogP contribution >= 0.6 is 0 Å². The summed E-state index contributed by atoms with van der Waals surface area (Å²) < 4.78 is 10.8. The normalized spacial score (nSPS) is 15.9. The molecule has 1 N–H and O–H groups in total. The van der Waals surface area contributed by atoms with Gasteiger partial charge >= 0.3 is 0 Å². The molecule has 42 heavy (non-hydrogen) atoms. The Labute approximate surface area is 260 Å². The van der Waals surface area contributed by atoms with Gasteiger partial charge in [0.1, 0.15) is 12.4 Å². The average molecular weight is 593 g/mol. The summed E-state index contributed by atoms with van der Waals surface area (Å²) in [5, 5.41) is 9.27. The van der Waals surface area contributed by atoms with Crippen molar-refractivity contribution >= 4 is 5.91 Å². The number of ether oxygens (including phenoxy) is 2. The van der Waals surface area contributed by atoms with E-state index in [0.717, 1.165) is 70.6 Å². The summed E-state index contributed by atoms with van der Waals surface area (Å²) in [6, 6.07) is 0. The van der Waals surface area contributed by atoms with Crippen LogP contribution in [0.15, 0.2) is 36.1 Å². The van der Waals surface area contributed by atoms with Crippen LogP contribution in [0.4, 0.5) is 0 Å². The number of hydrogen-bond donors (Lipinski definition) is 1. The molecule has 2 unspecified atom stereocenters. The Bertz CT molecular complexity index is 726. The lowest BCUT2D eigenvalue weighted by Gasteiger charge is -2.25. The molecule has 246 valence electrons. The van der Waals surface area contributed by atoms with E-state index in [1.165, 1.54) is 37.7 Å². The van der Waals surface area contributed by atoms with Crippen LogP contribution < -0.4 is 0 Å². The highest BCUT2D eigenvalue weighted by molar-refractivity contribution is 5.76. The van der Waals surface area contributed by atoms with Crippen molar-refractivity contribution in [3.05, 3.63) is 36.1 Å². The van der Waals surface area contributed by atoms with Crippen molar-refractivity contribution in [2.24, 2.45) is 17.8 Å². The molecule has 1 rings (SSSR count). The summed E-state index contributed by atoms with van der Waals surface area (Å²) in [5.41, 5.74) is 1.29. The van der Waals surface area contributed by atoms with Crippen LogP contribution in [0.3, 0.4) is 0 Å². The van der Waals surface area contributed by atoms with Gasteiger partial charge in [-0.2, -0.15) is 0 Å². The maximum absolute atomic E-state index is 12.0. The van der Waals surface area contributed by atoms with Gasteiger partial charge in [-0.05, 0) is 81.0 Å². The maximum atomic E-state index is 12.0. The number of hydrogen-bond acceptors (Lipinski definition) is 5. The van der Waals surface area contributed by atoms with E-state index >= 15 is 0 Å². The third kappa shape index (κ3) is 20.3. The Morgan fingerprint density at radius 1 is 0.952 bits per heavy atom. The molecule has 0 aliphatic carbocycles. The van der Waals surface area contributed by atoms with Crippen molar-refractivity contribution in [3.8, 4) is 0 Å². The molecule has 0 saturated carbocycles. The van der Waals surface area contributed by atoms with E-state index in [-0.39, 0.29) is 6.61 Å². The van der Waals surface area contributed by atoms with Crippen LogP contribution in [0, 0.1) is 17.8 Å². The van der Waals surface area contributed by atoms with Crippen molar-refractivity contribution in [3.63, 3.8) is 0 Å². The molecule has 0 aromatic heterocycles. The minimum atomic E-state index is 0.248. The molecular formula is C36H68N2O4. The third-order valence-electron chi connectivity index (χ3n) is 7.79. The summed E-state index contributed by atoms with van der Waals surface area (Å²) in [6.07, 6.45) is 18.5. The van der Waals surface area contributed by atoms with E-state index in [1.54, 1.807) is 0 Å². The van der Waals surface area contributed by atoms with E-state index in [4.69, 9.17) is 9.47 Å². The Hall–Kier alpha value is -1.63. The molecule has 2 atom stereocenters. The Morgan fingerprint density at radius 3 is 2.17 bits per heavy atom. The first-order chi connectivity index (χ1) is 20.3. The van der Waals surface area contributed by atoms with Crippen LogP contribution in [0.1, 0.15) is 119 Å². The molecule has 0 aromatic rings. The molecule has 1 saturated heterocycles. The van der Waals surface area contributed by atoms with E-state index in [9.17, 15) is 9.90 Å². The number of nitrogens with zero attached hydrogens (tertiary/aromatic N) is 2. The van der Waals surface area contributed by atoms with Crippen molar-refractivity contribution in [1.29, 1.82) is 0 Å². The van der Waals surface area contributed by atoms with Crippen molar-refractivity contribution in [1.82, 2.24) is 9.80 Å². The summed E-state index contributed by atoms with van der Waals surface area (Å²) in [4.78, 5) is 16.4. The number of unbranched alkanes of at least 4 members (excludes halogenated alkanes) is 4. The molecule has 6 nitrogen and oxygen atoms in total. The molecule has 0 radical (unpaired) electrons. The van der Waals surface area contributed by atoms with Crippen LogP contribution in [0.25, 0.3) is 0 Å². The lowest BCUT2D eigenvalue weighted by atomic mass is 9.85. The van der Waals surface area contributed by atoms with Gasteiger partial charge in [0.2, 0.25) is 5.91 Å². The monoisotopic (exact) mass is 593 g/mol. The molecule has 1 amide bonds. The quantitative estimate of drug-likeness (QED) is 0.0954. The Kier molecular flexibility index (Phi) is 25.9. The summed E-state index contributed by atoms with van der Waals surface area (Å²) >= 11 is 0. The number of carbonyl (C=O) groups excluding carboxylic acids is 1. The SMILES string of the molecule is C=C/C=C(\C=C1/COCO1)C(CC)CC(C)CCN(CCO)CCCC.CCCCCN(CCCC)C(=O)CC(C)C. The fourth-order valence-corrected chi connectivity index (χ4v) is 5.15. The van der Waals surface area contributed by atoms with Crippen molar-refractivity contribution < 1.29 is 19.4 Å². The second kappa shape index (κ2) is 27.0. The molecule has 1 fully saturated rings. The smallest absolute Gasteiger partial charge is 0.222 e. The van der Waals surface area contributed by atoms with E-state index in [1.807, 2.05) is 6.08 Å². The molecule has 0 bridgehead atoms. The van der Waals surface area contributed by atoms with Crippen LogP contribution in [-0.2, 0) is 14.3 Å². The van der Waals surface area contributed by atoms with Crippen molar-refractivity contribution in [2.75, 3.05) is 52.7 Å². The highest BCUT2D eigenvalue weighted by Gasteiger charge is 2.18. The first-order valence-electron chi connectivity index (χ1n) is 17.1. The number of rotatable bonds is 23. The molecular weight excluding hydrogens is 524 g/mol. The van der Waals surface area contributed by atoms with Gasteiger partial charge in [0, 0.05) is 26.1 Å². The van der Waals surface area contributed by atoms with Gasteiger partial charge in [-0.15, -0.1) is 0 Å². The topological polar surface area (TPSA) is 62.2 Å². The summed E-state index contributed by atoms with van der Waals surface area (Å²) in [6.45, 7) is 25.3. The van der Waals surface area contributed by atoms with Gasteiger partial charge in [0.15, 0.2) is 6.79 Å². The van der Waals surface area contributed by atoms with Gasteiger partial charge < -0.3 is 24.4 Å². The lowest BCUT2D eigenvalue weighted by molar-refractivity contribution is -0.132. The Morgan fingerprint density at radius 2 is 1.62 bits per heavy atom. The molecule has 6 heteroatoms. The van der Waals surface area contributed by atoms with Gasteiger partial charge in [-0.25, -0.2) is 0 Å². The second-order valence-electron chi connectivity index (χ2n) is 12.3. The van der Waals surface area contributed by atoms with Crippen LogP contribution in [-0.4, -0.2) is 73.5 Å². The highest BCUT2D eigenvalue weighted by Crippen LogP contribution is 2.28. The van der Waals surface area contributed by atoms with E-state index in [0.29, 0.717) is 43.5 Å². The number of aliphatic hydroxyl groups is 1. The maximum Gasteiger partial charge on any atom is 0.222 e. The summed E-state index contributed by atoms with van der Waals surface area (Å²) in [7, 11) is 0. The molecule has 1 aliphatic rings. The van der Waals surface area contributed by atoms with Crippen LogP contribution in [0.5, 0.6) is 0 Å². The van der Waals surface area contributed by atoms with Crippen molar-refractivity contribution in [2.45, 2.75) is 119 Å². The van der Waals surface area contributed by atoms with Gasteiger partial charge in [0.25, 0.3) is 0 Å². The predicted molar refractivity (Wildman–Crippen MR) is 179 cm³/mol. The third-order valence-corrected chi connectivity index (χ3v) is 7.79. The predicted octanol–water partition coefficient (Wildman–Crippen LogP) is 8.38. The first kappa shape index (κ1) is 40.4. The highest BCUT2D eigenvalue weighted by atomic mass is 16.7. The Balaban J connectivity index is 0.000000903. The summed E-state index contributed by atoms with van der Waals surface area (Å²) in [5.74, 6) is 2.87. The molecule has 1 heterocycles. The van der Waals surface area contributed by atoms with E-state index in [2.05, 4.69) is 77.0 Å². The van der Waals surface area contributed by atoms with Gasteiger partial charge in [-0.3, -0.25) is 4.79 Å². The number of amides is 1. The average Bonchev–Trinajstić information content (AvgIpc) is 3.48. The number of allylic oxidation sites excluding steroid dienone is 4. The first-order valence-corrected chi connectivity index (χ1v) is 17.1. The molecule has 0 aromatic carbocycles. The minimum absolute atomic E-state index is 0.248. The fourth-order valence-electron chi connectivity index (χ4n) is 5.15. The van der Waals surface area contributed by atoms with Gasteiger partial charge in [0.05, 0.1) is 6.61 Å². The second-order valence-corrected chi connectivity index (χ2v) is 12.3.